The topological polar surface area (TPSA) is 49.3 Å². The molecule has 1 aromatic carbocycles. The average Bonchev–Trinajstić information content (AvgIpc) is 2.36. The summed E-state index contributed by atoms with van der Waals surface area (Å²) in [6.45, 7) is 8.56. The maximum Gasteiger partial charge on any atom is 0.309 e. The van der Waals surface area contributed by atoms with Gasteiger partial charge in [-0.25, -0.2) is 0 Å². The molecule has 0 saturated heterocycles. The van der Waals surface area contributed by atoms with Crippen LogP contribution in [0.3, 0.4) is 0 Å². The van der Waals surface area contributed by atoms with Crippen LogP contribution in [0.4, 0.5) is 0 Å². The molecule has 3 heteroatoms. The van der Waals surface area contributed by atoms with E-state index in [0.717, 1.165) is 19.4 Å². The van der Waals surface area contributed by atoms with Crippen LogP contribution in [0.1, 0.15) is 44.7 Å². The quantitative estimate of drug-likeness (QED) is 0.765. The number of rotatable bonds is 8. The summed E-state index contributed by atoms with van der Waals surface area (Å²) in [5.74, 6) is -0.730. The second-order valence-electron chi connectivity index (χ2n) is 6.32. The Bertz CT molecular complexity index is 440. The Hall–Kier alpha value is -1.35. The van der Waals surface area contributed by atoms with Gasteiger partial charge in [-0.1, -0.05) is 29.8 Å². The molecular weight excluding hydrogens is 250 g/mol. The summed E-state index contributed by atoms with van der Waals surface area (Å²) < 4.78 is 0. The van der Waals surface area contributed by atoms with Gasteiger partial charge in [0.2, 0.25) is 0 Å². The largest absolute Gasteiger partial charge is 0.481 e. The molecule has 0 saturated carbocycles. The minimum atomic E-state index is -0.730. The van der Waals surface area contributed by atoms with E-state index in [2.05, 4.69) is 43.4 Å². The molecular formula is C17H27NO2. The average molecular weight is 277 g/mol. The Balaban J connectivity index is 2.27. The second kappa shape index (κ2) is 7.44. The van der Waals surface area contributed by atoms with Crippen LogP contribution in [-0.2, 0) is 11.2 Å². The number of carboxylic acid groups (broad SMARTS) is 1. The number of hydrogen-bond donors (Lipinski definition) is 2. The van der Waals surface area contributed by atoms with Crippen molar-refractivity contribution >= 4 is 5.97 Å². The number of aryl methyl sites for hydroxylation is 2. The molecule has 0 aliphatic carbocycles. The molecule has 0 aromatic heterocycles. The summed E-state index contributed by atoms with van der Waals surface area (Å²) in [7, 11) is 0. The molecule has 3 nitrogen and oxygen atoms in total. The van der Waals surface area contributed by atoms with Crippen molar-refractivity contribution < 1.29 is 9.90 Å². The first-order valence-corrected chi connectivity index (χ1v) is 7.33. The second-order valence-corrected chi connectivity index (χ2v) is 6.32. The monoisotopic (exact) mass is 277 g/mol. The molecule has 0 radical (unpaired) electrons. The predicted octanol–water partition coefficient (Wildman–Crippen LogP) is 3.41. The van der Waals surface area contributed by atoms with Crippen LogP contribution in [0, 0.1) is 12.3 Å². The molecule has 1 aromatic rings. The fraction of sp³-hybridized carbons (Fsp3) is 0.588. The Morgan fingerprint density at radius 2 is 2.10 bits per heavy atom. The smallest absolute Gasteiger partial charge is 0.309 e. The van der Waals surface area contributed by atoms with Crippen molar-refractivity contribution in [2.75, 3.05) is 6.54 Å². The lowest BCUT2D eigenvalue weighted by atomic mass is 9.89. The molecule has 1 rings (SSSR count). The highest BCUT2D eigenvalue weighted by Gasteiger charge is 2.26. The SMILES string of the molecule is Cc1cccc(CCC(C)NCCC(C)(C)C(=O)O)c1. The Kier molecular flexibility index (Phi) is 6.21. The summed E-state index contributed by atoms with van der Waals surface area (Å²) >= 11 is 0. The number of nitrogens with one attached hydrogen (secondary N) is 1. The zero-order valence-corrected chi connectivity index (χ0v) is 13.1. The zero-order valence-electron chi connectivity index (χ0n) is 13.1. The van der Waals surface area contributed by atoms with Crippen LogP contribution >= 0.6 is 0 Å². The van der Waals surface area contributed by atoms with Crippen molar-refractivity contribution in [3.05, 3.63) is 35.4 Å². The third kappa shape index (κ3) is 5.74. The number of hydrogen-bond acceptors (Lipinski definition) is 2. The predicted molar refractivity (Wildman–Crippen MR) is 83.0 cm³/mol. The molecule has 20 heavy (non-hydrogen) atoms. The van der Waals surface area contributed by atoms with Crippen LogP contribution in [0.15, 0.2) is 24.3 Å². The molecule has 1 unspecified atom stereocenters. The fourth-order valence-electron chi connectivity index (χ4n) is 2.09. The summed E-state index contributed by atoms with van der Waals surface area (Å²) in [5, 5.41) is 12.5. The summed E-state index contributed by atoms with van der Waals surface area (Å²) in [4.78, 5) is 11.0. The van der Waals surface area contributed by atoms with Crippen molar-refractivity contribution in [1.82, 2.24) is 5.32 Å². The lowest BCUT2D eigenvalue weighted by Gasteiger charge is -2.21. The van der Waals surface area contributed by atoms with E-state index in [-0.39, 0.29) is 0 Å². The molecule has 0 fully saturated rings. The van der Waals surface area contributed by atoms with E-state index in [1.165, 1.54) is 11.1 Å². The third-order valence-electron chi connectivity index (χ3n) is 3.77. The highest BCUT2D eigenvalue weighted by Crippen LogP contribution is 2.19. The van der Waals surface area contributed by atoms with Gasteiger partial charge in [0.25, 0.3) is 0 Å². The first-order chi connectivity index (χ1) is 9.31. The molecule has 1 atom stereocenters. The van der Waals surface area contributed by atoms with Gasteiger partial charge < -0.3 is 10.4 Å². The van der Waals surface area contributed by atoms with E-state index in [0.29, 0.717) is 12.5 Å². The van der Waals surface area contributed by atoms with Crippen LogP contribution in [0.5, 0.6) is 0 Å². The zero-order chi connectivity index (χ0) is 15.2. The van der Waals surface area contributed by atoms with Gasteiger partial charge in [0.05, 0.1) is 5.41 Å². The minimum Gasteiger partial charge on any atom is -0.481 e. The van der Waals surface area contributed by atoms with Crippen molar-refractivity contribution in [3.8, 4) is 0 Å². The maximum absolute atomic E-state index is 11.0. The molecule has 112 valence electrons. The fourth-order valence-corrected chi connectivity index (χ4v) is 2.09. The van der Waals surface area contributed by atoms with Crippen molar-refractivity contribution in [1.29, 1.82) is 0 Å². The summed E-state index contributed by atoms with van der Waals surface area (Å²) in [5.41, 5.74) is 2.01. The molecule has 2 N–H and O–H groups in total. The van der Waals surface area contributed by atoms with Gasteiger partial charge in [-0.3, -0.25) is 4.79 Å². The first-order valence-electron chi connectivity index (χ1n) is 7.33. The lowest BCUT2D eigenvalue weighted by molar-refractivity contribution is -0.147. The van der Waals surface area contributed by atoms with Gasteiger partial charge in [-0.15, -0.1) is 0 Å². The summed E-state index contributed by atoms with van der Waals surface area (Å²) in [6, 6.07) is 8.99. The molecule has 0 aliphatic rings. The molecule has 0 heterocycles. The van der Waals surface area contributed by atoms with E-state index < -0.39 is 11.4 Å². The first kappa shape index (κ1) is 16.7. The number of aliphatic carboxylic acids is 1. The lowest BCUT2D eigenvalue weighted by Crippen LogP contribution is -2.33. The van der Waals surface area contributed by atoms with Gasteiger partial charge in [0.1, 0.15) is 0 Å². The normalized spacial score (nSPS) is 13.2. The maximum atomic E-state index is 11.0. The molecule has 0 aliphatic heterocycles. The number of benzene rings is 1. The van der Waals surface area contributed by atoms with Crippen LogP contribution in [-0.4, -0.2) is 23.7 Å². The van der Waals surface area contributed by atoms with E-state index >= 15 is 0 Å². The Labute approximate surface area is 122 Å². The van der Waals surface area contributed by atoms with E-state index in [9.17, 15) is 4.79 Å². The van der Waals surface area contributed by atoms with Crippen molar-refractivity contribution in [3.63, 3.8) is 0 Å². The molecule has 0 spiro atoms. The van der Waals surface area contributed by atoms with Crippen LogP contribution < -0.4 is 5.32 Å². The van der Waals surface area contributed by atoms with E-state index in [1.807, 2.05) is 0 Å². The highest BCUT2D eigenvalue weighted by molar-refractivity contribution is 5.73. The van der Waals surface area contributed by atoms with E-state index in [4.69, 9.17) is 5.11 Å². The van der Waals surface area contributed by atoms with E-state index in [1.54, 1.807) is 13.8 Å². The van der Waals surface area contributed by atoms with Gasteiger partial charge in [-0.05, 0) is 59.1 Å². The Morgan fingerprint density at radius 3 is 2.70 bits per heavy atom. The Morgan fingerprint density at radius 1 is 1.40 bits per heavy atom. The highest BCUT2D eigenvalue weighted by atomic mass is 16.4. The number of carbonyl (C=O) groups is 1. The molecule has 0 bridgehead atoms. The van der Waals surface area contributed by atoms with Crippen LogP contribution in [0.25, 0.3) is 0 Å². The third-order valence-corrected chi connectivity index (χ3v) is 3.77. The minimum absolute atomic E-state index is 0.403. The van der Waals surface area contributed by atoms with Gasteiger partial charge >= 0.3 is 5.97 Å². The van der Waals surface area contributed by atoms with Crippen molar-refractivity contribution in [2.45, 2.75) is 53.0 Å². The van der Waals surface area contributed by atoms with Crippen LogP contribution in [0.2, 0.25) is 0 Å². The van der Waals surface area contributed by atoms with Gasteiger partial charge in [-0.2, -0.15) is 0 Å². The van der Waals surface area contributed by atoms with Gasteiger partial charge in [0.15, 0.2) is 0 Å². The molecule has 0 amide bonds. The summed E-state index contributed by atoms with van der Waals surface area (Å²) in [6.07, 6.45) is 2.77. The van der Waals surface area contributed by atoms with Gasteiger partial charge in [0, 0.05) is 6.04 Å². The standard InChI is InChI=1S/C17H27NO2/c1-13-6-5-7-15(12-13)9-8-14(2)18-11-10-17(3,4)16(19)20/h5-7,12,14,18H,8-11H2,1-4H3,(H,19,20). The van der Waals surface area contributed by atoms with Crippen molar-refractivity contribution in [2.24, 2.45) is 5.41 Å². The number of carboxylic acids is 1.